The number of sulfonamides is 1. The zero-order valence-corrected chi connectivity index (χ0v) is 15.6. The Balaban J connectivity index is 1.61. The molecule has 2 amide bonds. The Morgan fingerprint density at radius 2 is 1.59 bits per heavy atom. The lowest BCUT2D eigenvalue weighted by Crippen LogP contribution is -2.50. The highest BCUT2D eigenvalue weighted by molar-refractivity contribution is 7.89. The van der Waals surface area contributed by atoms with Crippen LogP contribution in [0.15, 0.2) is 59.5 Å². The monoisotopic (exact) mass is 384 g/mol. The molecule has 0 N–H and O–H groups in total. The molecule has 7 heteroatoms. The maximum Gasteiger partial charge on any atom is 0.267 e. The Morgan fingerprint density at radius 3 is 2.33 bits per heavy atom. The van der Waals surface area contributed by atoms with Crippen LogP contribution in [-0.4, -0.2) is 42.0 Å². The molecule has 1 fully saturated rings. The van der Waals surface area contributed by atoms with Crippen molar-refractivity contribution in [3.63, 3.8) is 0 Å². The topological polar surface area (TPSA) is 74.8 Å². The second-order valence-electron chi connectivity index (χ2n) is 6.84. The standard InChI is InChI=1S/C20H20N2O4S/c23-19-11-10-18(22(19)27(25,26)17-8-2-1-3-9-17)20(24)21-13-12-15-6-4-5-7-16(15)14-21/h1-9,18H,10-14H2/t18-/m1/s1. The van der Waals surface area contributed by atoms with Crippen molar-refractivity contribution < 1.29 is 18.0 Å². The number of nitrogens with zero attached hydrogens (tertiary/aromatic N) is 2. The van der Waals surface area contributed by atoms with Crippen LogP contribution in [0.4, 0.5) is 0 Å². The van der Waals surface area contributed by atoms with Gasteiger partial charge in [-0.1, -0.05) is 42.5 Å². The van der Waals surface area contributed by atoms with Crippen LogP contribution >= 0.6 is 0 Å². The van der Waals surface area contributed by atoms with Gasteiger partial charge in [0.15, 0.2) is 0 Å². The summed E-state index contributed by atoms with van der Waals surface area (Å²) in [5.74, 6) is -0.815. The lowest BCUT2D eigenvalue weighted by molar-refractivity contribution is -0.138. The van der Waals surface area contributed by atoms with Gasteiger partial charge in [-0.15, -0.1) is 0 Å². The zero-order valence-electron chi connectivity index (χ0n) is 14.7. The molecule has 2 heterocycles. The van der Waals surface area contributed by atoms with Crippen LogP contribution in [0, 0.1) is 0 Å². The summed E-state index contributed by atoms with van der Waals surface area (Å²) in [7, 11) is -4.04. The first-order valence-corrected chi connectivity index (χ1v) is 10.4. The van der Waals surface area contributed by atoms with Crippen molar-refractivity contribution in [2.45, 2.75) is 36.7 Å². The molecule has 0 aromatic heterocycles. The van der Waals surface area contributed by atoms with Crippen molar-refractivity contribution in [2.24, 2.45) is 0 Å². The van der Waals surface area contributed by atoms with E-state index in [1.807, 2.05) is 24.3 Å². The van der Waals surface area contributed by atoms with Gasteiger partial charge in [-0.3, -0.25) is 9.59 Å². The highest BCUT2D eigenvalue weighted by Crippen LogP contribution is 2.29. The number of hydrogen-bond acceptors (Lipinski definition) is 4. The first kappa shape index (κ1) is 17.7. The molecule has 2 aliphatic rings. The third kappa shape index (κ3) is 3.12. The summed E-state index contributed by atoms with van der Waals surface area (Å²) in [4.78, 5) is 27.2. The summed E-state index contributed by atoms with van der Waals surface area (Å²) >= 11 is 0. The highest BCUT2D eigenvalue weighted by Gasteiger charge is 2.45. The van der Waals surface area contributed by atoms with E-state index in [1.54, 1.807) is 23.1 Å². The van der Waals surface area contributed by atoms with Crippen LogP contribution in [0.5, 0.6) is 0 Å². The molecular formula is C20H20N2O4S. The number of benzene rings is 2. The molecule has 4 rings (SSSR count). The highest BCUT2D eigenvalue weighted by atomic mass is 32.2. The van der Waals surface area contributed by atoms with Crippen LogP contribution in [-0.2, 0) is 32.6 Å². The number of carbonyl (C=O) groups is 2. The Hall–Kier alpha value is -2.67. The minimum atomic E-state index is -4.04. The lowest BCUT2D eigenvalue weighted by atomic mass is 9.99. The average molecular weight is 384 g/mol. The van der Waals surface area contributed by atoms with Gasteiger partial charge in [0.05, 0.1) is 4.90 Å². The predicted octanol–water partition coefficient (Wildman–Crippen LogP) is 1.95. The van der Waals surface area contributed by atoms with E-state index < -0.39 is 22.0 Å². The zero-order chi connectivity index (χ0) is 19.0. The number of amides is 2. The van der Waals surface area contributed by atoms with Crippen molar-refractivity contribution >= 4 is 21.8 Å². The summed E-state index contributed by atoms with van der Waals surface area (Å²) in [6.07, 6.45) is 1.02. The van der Waals surface area contributed by atoms with Crippen LogP contribution < -0.4 is 0 Å². The fourth-order valence-electron chi connectivity index (χ4n) is 3.79. The third-order valence-electron chi connectivity index (χ3n) is 5.19. The average Bonchev–Trinajstić information content (AvgIpc) is 3.10. The quantitative estimate of drug-likeness (QED) is 0.811. The van der Waals surface area contributed by atoms with Crippen molar-refractivity contribution in [3.05, 3.63) is 65.7 Å². The predicted molar refractivity (Wildman–Crippen MR) is 99.1 cm³/mol. The van der Waals surface area contributed by atoms with Crippen LogP contribution in [0.25, 0.3) is 0 Å². The maximum absolute atomic E-state index is 13.1. The molecule has 140 valence electrons. The van der Waals surface area contributed by atoms with E-state index >= 15 is 0 Å². The second-order valence-corrected chi connectivity index (χ2v) is 8.66. The molecular weight excluding hydrogens is 364 g/mol. The molecule has 0 aliphatic carbocycles. The summed E-state index contributed by atoms with van der Waals surface area (Å²) in [5.41, 5.74) is 2.27. The van der Waals surface area contributed by atoms with E-state index in [0.29, 0.717) is 13.1 Å². The van der Waals surface area contributed by atoms with Gasteiger partial charge >= 0.3 is 0 Å². The van der Waals surface area contributed by atoms with Crippen molar-refractivity contribution in [2.75, 3.05) is 6.54 Å². The van der Waals surface area contributed by atoms with E-state index in [1.165, 1.54) is 17.7 Å². The van der Waals surface area contributed by atoms with Gasteiger partial charge < -0.3 is 4.90 Å². The Labute approximate surface area is 158 Å². The SMILES string of the molecule is O=C([C@H]1CCC(=O)N1S(=O)(=O)c1ccccc1)N1CCc2ccccc2C1. The van der Waals surface area contributed by atoms with Crippen molar-refractivity contribution in [3.8, 4) is 0 Å². The van der Waals surface area contributed by atoms with Gasteiger partial charge in [-0.05, 0) is 36.1 Å². The fraction of sp³-hybridized carbons (Fsp3) is 0.300. The summed E-state index contributed by atoms with van der Waals surface area (Å²) in [6.45, 7) is 0.971. The normalized spacial score (nSPS) is 19.9. The van der Waals surface area contributed by atoms with Gasteiger partial charge in [0.1, 0.15) is 6.04 Å². The largest absolute Gasteiger partial charge is 0.336 e. The fourth-order valence-corrected chi connectivity index (χ4v) is 5.41. The molecule has 1 atom stereocenters. The van der Waals surface area contributed by atoms with Gasteiger partial charge in [0.2, 0.25) is 11.8 Å². The van der Waals surface area contributed by atoms with E-state index in [9.17, 15) is 18.0 Å². The van der Waals surface area contributed by atoms with Crippen LogP contribution in [0.3, 0.4) is 0 Å². The maximum atomic E-state index is 13.1. The Morgan fingerprint density at radius 1 is 0.926 bits per heavy atom. The second kappa shape index (κ2) is 6.81. The molecule has 0 unspecified atom stereocenters. The van der Waals surface area contributed by atoms with Crippen molar-refractivity contribution in [1.82, 2.24) is 9.21 Å². The molecule has 1 saturated heterocycles. The van der Waals surface area contributed by atoms with E-state index in [0.717, 1.165) is 16.3 Å². The van der Waals surface area contributed by atoms with Gasteiger partial charge in [-0.25, -0.2) is 12.7 Å². The van der Waals surface area contributed by atoms with E-state index in [4.69, 9.17) is 0 Å². The molecule has 27 heavy (non-hydrogen) atoms. The number of rotatable bonds is 3. The lowest BCUT2D eigenvalue weighted by Gasteiger charge is -2.33. The Kier molecular flexibility index (Phi) is 4.47. The summed E-state index contributed by atoms with van der Waals surface area (Å²) in [6, 6.07) is 14.8. The molecule has 2 aliphatic heterocycles. The first-order valence-electron chi connectivity index (χ1n) is 8.96. The minimum absolute atomic E-state index is 0.0297. The first-order chi connectivity index (χ1) is 13.0. The summed E-state index contributed by atoms with van der Waals surface area (Å²) in [5, 5.41) is 0. The number of hydrogen-bond donors (Lipinski definition) is 0. The molecule has 2 aromatic carbocycles. The molecule has 6 nitrogen and oxygen atoms in total. The number of carbonyl (C=O) groups excluding carboxylic acids is 2. The van der Waals surface area contributed by atoms with Gasteiger partial charge in [0.25, 0.3) is 10.0 Å². The molecule has 0 saturated carbocycles. The third-order valence-corrected chi connectivity index (χ3v) is 7.03. The van der Waals surface area contributed by atoms with Crippen molar-refractivity contribution in [1.29, 1.82) is 0 Å². The summed E-state index contributed by atoms with van der Waals surface area (Å²) < 4.78 is 26.7. The van der Waals surface area contributed by atoms with Crippen LogP contribution in [0.2, 0.25) is 0 Å². The smallest absolute Gasteiger partial charge is 0.267 e. The minimum Gasteiger partial charge on any atom is -0.336 e. The molecule has 0 spiro atoms. The van der Waals surface area contributed by atoms with Gasteiger partial charge in [0, 0.05) is 19.5 Å². The Bertz CT molecular complexity index is 988. The van der Waals surface area contributed by atoms with Gasteiger partial charge in [-0.2, -0.15) is 0 Å². The number of fused-ring (bicyclic) bond motifs is 1. The molecule has 0 radical (unpaired) electrons. The van der Waals surface area contributed by atoms with E-state index in [2.05, 4.69) is 0 Å². The van der Waals surface area contributed by atoms with Crippen LogP contribution in [0.1, 0.15) is 24.0 Å². The molecule has 0 bridgehead atoms. The molecule has 2 aromatic rings. The van der Waals surface area contributed by atoms with E-state index in [-0.39, 0.29) is 23.6 Å².